The van der Waals surface area contributed by atoms with Crippen LogP contribution in [0.4, 0.5) is 4.39 Å². The monoisotopic (exact) mass is 213 g/mol. The molecule has 1 rings (SSSR count). The van der Waals surface area contributed by atoms with E-state index in [0.29, 0.717) is 30.0 Å². The molecule has 0 bridgehead atoms. The van der Waals surface area contributed by atoms with Gasteiger partial charge >= 0.3 is 0 Å². The van der Waals surface area contributed by atoms with Gasteiger partial charge in [0, 0.05) is 0 Å². The van der Waals surface area contributed by atoms with Crippen LogP contribution < -0.4 is 15.2 Å². The molecule has 3 nitrogen and oxygen atoms in total. The van der Waals surface area contributed by atoms with Crippen LogP contribution >= 0.6 is 0 Å². The van der Waals surface area contributed by atoms with Crippen molar-refractivity contribution in [1.29, 1.82) is 0 Å². The van der Waals surface area contributed by atoms with E-state index in [2.05, 4.69) is 0 Å². The molecule has 1 aromatic carbocycles. The molecule has 0 saturated carbocycles. The van der Waals surface area contributed by atoms with Crippen LogP contribution in [0.25, 0.3) is 0 Å². The smallest absolute Gasteiger partial charge is 0.161 e. The Hall–Kier alpha value is -1.29. The molecule has 0 heterocycles. The molecular formula is C11H16FNO2. The first-order chi connectivity index (χ1) is 7.26. The summed E-state index contributed by atoms with van der Waals surface area (Å²) in [6.45, 7) is -0.0296. The van der Waals surface area contributed by atoms with Gasteiger partial charge in [0.25, 0.3) is 0 Å². The van der Waals surface area contributed by atoms with Gasteiger partial charge in [-0.2, -0.15) is 0 Å². The van der Waals surface area contributed by atoms with Crippen LogP contribution in [0, 0.1) is 0 Å². The fourth-order valence-electron chi connectivity index (χ4n) is 1.48. The van der Waals surface area contributed by atoms with Gasteiger partial charge in [0.15, 0.2) is 11.5 Å². The first-order valence-corrected chi connectivity index (χ1v) is 4.76. The van der Waals surface area contributed by atoms with Gasteiger partial charge in [0.2, 0.25) is 0 Å². The minimum absolute atomic E-state index is 0.489. The van der Waals surface area contributed by atoms with Crippen LogP contribution in [-0.2, 0) is 13.1 Å². The first kappa shape index (κ1) is 11.8. The molecule has 1 aromatic rings. The molecule has 15 heavy (non-hydrogen) atoms. The Morgan fingerprint density at radius 3 is 2.07 bits per heavy atom. The second-order valence-electron chi connectivity index (χ2n) is 3.15. The summed E-state index contributed by atoms with van der Waals surface area (Å²) in [5, 5.41) is 0. The zero-order valence-electron chi connectivity index (χ0n) is 9.05. The molecule has 0 unspecified atom stereocenters. The number of ether oxygens (including phenoxy) is 2. The summed E-state index contributed by atoms with van der Waals surface area (Å²) in [5.74, 6) is 1.16. The molecule has 0 radical (unpaired) electrons. The van der Waals surface area contributed by atoms with Crippen LogP contribution in [0.1, 0.15) is 11.1 Å². The van der Waals surface area contributed by atoms with Gasteiger partial charge in [0.05, 0.1) is 14.2 Å². The summed E-state index contributed by atoms with van der Waals surface area (Å²) in [6.07, 6.45) is 0.638. The lowest BCUT2D eigenvalue weighted by Crippen LogP contribution is -2.06. The lowest BCUT2D eigenvalue weighted by atomic mass is 10.0. The standard InChI is InChI=1S/C11H16FNO2/c1-14-10-5-8(3-4-13)9(7-12)6-11(10)15-2/h5-6H,3-4,7,13H2,1-2H3. The van der Waals surface area contributed by atoms with Crippen molar-refractivity contribution in [3.8, 4) is 11.5 Å². The normalized spacial score (nSPS) is 10.1. The highest BCUT2D eigenvalue weighted by molar-refractivity contribution is 5.47. The molecule has 0 spiro atoms. The van der Waals surface area contributed by atoms with Crippen LogP contribution in [0.3, 0.4) is 0 Å². The Bertz CT molecular complexity index is 329. The molecule has 84 valence electrons. The summed E-state index contributed by atoms with van der Waals surface area (Å²) in [6, 6.07) is 3.43. The Balaban J connectivity index is 3.15. The van der Waals surface area contributed by atoms with Crippen LogP contribution in [0.15, 0.2) is 12.1 Å². The molecule has 0 fully saturated rings. The number of rotatable bonds is 5. The maximum atomic E-state index is 12.7. The van der Waals surface area contributed by atoms with Crippen molar-refractivity contribution in [2.24, 2.45) is 5.73 Å². The SMILES string of the molecule is COc1cc(CF)c(CCN)cc1OC. The molecule has 2 N–H and O–H groups in total. The summed E-state index contributed by atoms with van der Waals surface area (Å²) in [4.78, 5) is 0. The molecule has 0 aromatic heterocycles. The van der Waals surface area contributed by atoms with Crippen molar-refractivity contribution in [2.45, 2.75) is 13.1 Å². The van der Waals surface area contributed by atoms with Gasteiger partial charge in [-0.15, -0.1) is 0 Å². The topological polar surface area (TPSA) is 44.5 Å². The third-order valence-electron chi connectivity index (χ3n) is 2.26. The van der Waals surface area contributed by atoms with Crippen molar-refractivity contribution in [3.63, 3.8) is 0 Å². The van der Waals surface area contributed by atoms with Crippen molar-refractivity contribution in [2.75, 3.05) is 20.8 Å². The molecule has 0 aliphatic heterocycles. The number of nitrogens with two attached hydrogens (primary N) is 1. The Kier molecular flexibility index (Phi) is 4.37. The largest absolute Gasteiger partial charge is 0.493 e. The lowest BCUT2D eigenvalue weighted by Gasteiger charge is -2.12. The quantitative estimate of drug-likeness (QED) is 0.809. The van der Waals surface area contributed by atoms with Crippen LogP contribution in [0.2, 0.25) is 0 Å². The molecule has 0 atom stereocenters. The van der Waals surface area contributed by atoms with E-state index >= 15 is 0 Å². The number of hydrogen-bond donors (Lipinski definition) is 1. The van der Waals surface area contributed by atoms with Gasteiger partial charge in [0.1, 0.15) is 6.67 Å². The van der Waals surface area contributed by atoms with Crippen molar-refractivity contribution in [3.05, 3.63) is 23.3 Å². The molecule has 4 heteroatoms. The van der Waals surface area contributed by atoms with E-state index in [4.69, 9.17) is 15.2 Å². The summed E-state index contributed by atoms with van der Waals surface area (Å²) >= 11 is 0. The number of halogens is 1. The highest BCUT2D eigenvalue weighted by atomic mass is 19.1. The Morgan fingerprint density at radius 1 is 1.13 bits per heavy atom. The molecule has 0 aliphatic carbocycles. The van der Waals surface area contributed by atoms with Crippen LogP contribution in [0.5, 0.6) is 11.5 Å². The maximum absolute atomic E-state index is 12.7. The summed E-state index contributed by atoms with van der Waals surface area (Å²) in [7, 11) is 3.08. The zero-order valence-corrected chi connectivity index (χ0v) is 9.05. The van der Waals surface area contributed by atoms with Gasteiger partial charge in [-0.1, -0.05) is 0 Å². The van der Waals surface area contributed by atoms with Gasteiger partial charge in [-0.25, -0.2) is 4.39 Å². The van der Waals surface area contributed by atoms with E-state index in [1.807, 2.05) is 0 Å². The molecule has 0 aliphatic rings. The van der Waals surface area contributed by atoms with E-state index in [9.17, 15) is 4.39 Å². The highest BCUT2D eigenvalue weighted by Crippen LogP contribution is 2.31. The van der Waals surface area contributed by atoms with E-state index in [-0.39, 0.29) is 0 Å². The van der Waals surface area contributed by atoms with E-state index < -0.39 is 6.67 Å². The first-order valence-electron chi connectivity index (χ1n) is 4.76. The summed E-state index contributed by atoms with van der Waals surface area (Å²) < 4.78 is 22.9. The fourth-order valence-corrected chi connectivity index (χ4v) is 1.48. The predicted octanol–water partition coefficient (Wildman–Crippen LogP) is 1.67. The second-order valence-corrected chi connectivity index (χ2v) is 3.15. The Labute approximate surface area is 89.0 Å². The third kappa shape index (κ3) is 2.59. The zero-order chi connectivity index (χ0) is 11.3. The number of benzene rings is 1. The number of hydrogen-bond acceptors (Lipinski definition) is 3. The maximum Gasteiger partial charge on any atom is 0.161 e. The molecule has 0 saturated heterocycles. The molecular weight excluding hydrogens is 197 g/mol. The van der Waals surface area contributed by atoms with Gasteiger partial charge < -0.3 is 15.2 Å². The average Bonchev–Trinajstić information content (AvgIpc) is 2.28. The Morgan fingerprint density at radius 2 is 1.67 bits per heavy atom. The minimum Gasteiger partial charge on any atom is -0.493 e. The van der Waals surface area contributed by atoms with E-state index in [1.54, 1.807) is 19.2 Å². The summed E-state index contributed by atoms with van der Waals surface area (Å²) in [5.41, 5.74) is 6.93. The van der Waals surface area contributed by atoms with Gasteiger partial charge in [-0.3, -0.25) is 0 Å². The van der Waals surface area contributed by atoms with E-state index in [0.717, 1.165) is 5.56 Å². The minimum atomic E-state index is -0.518. The van der Waals surface area contributed by atoms with Crippen molar-refractivity contribution < 1.29 is 13.9 Å². The second kappa shape index (κ2) is 5.56. The lowest BCUT2D eigenvalue weighted by molar-refractivity contribution is 0.353. The number of methoxy groups -OCH3 is 2. The number of alkyl halides is 1. The van der Waals surface area contributed by atoms with Crippen molar-refractivity contribution >= 4 is 0 Å². The molecule has 0 amide bonds. The third-order valence-corrected chi connectivity index (χ3v) is 2.26. The average molecular weight is 213 g/mol. The van der Waals surface area contributed by atoms with Crippen LogP contribution in [-0.4, -0.2) is 20.8 Å². The predicted molar refractivity (Wildman–Crippen MR) is 57.1 cm³/mol. The van der Waals surface area contributed by atoms with E-state index in [1.165, 1.54) is 7.11 Å². The fraction of sp³-hybridized carbons (Fsp3) is 0.455. The van der Waals surface area contributed by atoms with Gasteiger partial charge in [-0.05, 0) is 36.2 Å². The highest BCUT2D eigenvalue weighted by Gasteiger charge is 2.10. The van der Waals surface area contributed by atoms with Crippen molar-refractivity contribution in [1.82, 2.24) is 0 Å².